The Hall–Kier alpha value is -0.870. The minimum atomic E-state index is -4.86. The van der Waals surface area contributed by atoms with E-state index in [9.17, 15) is 13.2 Å². The summed E-state index contributed by atoms with van der Waals surface area (Å²) < 4.78 is 33.3. The lowest BCUT2D eigenvalue weighted by Crippen LogP contribution is -2.25. The summed E-state index contributed by atoms with van der Waals surface area (Å²) in [5.74, 6) is 0. The molecular weight excluding hydrogens is 139 g/mol. The highest BCUT2D eigenvalue weighted by atomic mass is 19.4. The number of aliphatic hydroxyl groups excluding tert-OH is 1. The van der Waals surface area contributed by atoms with Gasteiger partial charge in [0.05, 0.1) is 0 Å². The fourth-order valence-corrected chi connectivity index (χ4v) is 0.123. The quantitative estimate of drug-likeness (QED) is 0.419. The lowest BCUT2D eigenvalue weighted by atomic mass is 10.6. The van der Waals surface area contributed by atoms with Crippen molar-refractivity contribution in [3.05, 3.63) is 0 Å². The Labute approximate surface area is 47.8 Å². The highest BCUT2D eigenvalue weighted by Crippen LogP contribution is 2.19. The van der Waals surface area contributed by atoms with Gasteiger partial charge in [0.15, 0.2) is 0 Å². The molecule has 0 aromatic heterocycles. The van der Waals surface area contributed by atoms with E-state index in [4.69, 9.17) is 9.90 Å². The minimum Gasteiger partial charge on any atom is -0.364 e. The maximum absolute atomic E-state index is 11.1. The monoisotopic (exact) mass is 141 g/mol. The second-order valence-electron chi connectivity index (χ2n) is 1.14. The standard InChI is InChI=1S/C3H2F3NO2/c4-3(5,6)2(9)7-1-8/h2,9H. The molecule has 0 aliphatic heterocycles. The van der Waals surface area contributed by atoms with E-state index in [0.29, 0.717) is 6.08 Å². The minimum absolute atomic E-state index is 0.579. The normalized spacial score (nSPS) is 14.2. The molecule has 0 amide bonds. The Balaban J connectivity index is 4.03. The topological polar surface area (TPSA) is 49.7 Å². The number of isocyanates is 1. The van der Waals surface area contributed by atoms with E-state index in [1.54, 1.807) is 0 Å². The molecule has 0 aromatic rings. The van der Waals surface area contributed by atoms with Crippen LogP contribution in [0.4, 0.5) is 13.2 Å². The first-order valence-corrected chi connectivity index (χ1v) is 1.80. The van der Waals surface area contributed by atoms with Crippen LogP contribution >= 0.6 is 0 Å². The van der Waals surface area contributed by atoms with Gasteiger partial charge in [-0.05, 0) is 0 Å². The van der Waals surface area contributed by atoms with E-state index in [1.165, 1.54) is 0 Å². The largest absolute Gasteiger partial charge is 0.436 e. The van der Waals surface area contributed by atoms with Crippen LogP contribution in [0.2, 0.25) is 0 Å². The molecule has 9 heavy (non-hydrogen) atoms. The fourth-order valence-electron chi connectivity index (χ4n) is 0.123. The maximum atomic E-state index is 11.1. The molecule has 0 aliphatic rings. The van der Waals surface area contributed by atoms with Crippen LogP contribution in [-0.2, 0) is 4.79 Å². The van der Waals surface area contributed by atoms with E-state index in [1.807, 2.05) is 4.99 Å². The van der Waals surface area contributed by atoms with Gasteiger partial charge in [-0.3, -0.25) is 0 Å². The Bertz CT molecular complexity index is 136. The van der Waals surface area contributed by atoms with E-state index in [-0.39, 0.29) is 0 Å². The number of alkyl halides is 3. The molecule has 52 valence electrons. The molecule has 0 radical (unpaired) electrons. The second-order valence-corrected chi connectivity index (χ2v) is 1.14. The Morgan fingerprint density at radius 1 is 1.56 bits per heavy atom. The average molecular weight is 141 g/mol. The number of aliphatic imine (C=N–C) groups is 1. The van der Waals surface area contributed by atoms with E-state index >= 15 is 0 Å². The van der Waals surface area contributed by atoms with Gasteiger partial charge in [-0.2, -0.15) is 18.2 Å². The zero-order valence-electron chi connectivity index (χ0n) is 4.01. The highest BCUT2D eigenvalue weighted by Gasteiger charge is 2.38. The van der Waals surface area contributed by atoms with Gasteiger partial charge in [0.25, 0.3) is 6.23 Å². The van der Waals surface area contributed by atoms with Crippen molar-refractivity contribution < 1.29 is 23.1 Å². The van der Waals surface area contributed by atoms with Crippen molar-refractivity contribution in [3.63, 3.8) is 0 Å². The number of aliphatic hydroxyl groups is 1. The first-order valence-electron chi connectivity index (χ1n) is 1.80. The summed E-state index contributed by atoms with van der Waals surface area (Å²) in [4.78, 5) is 11.1. The molecule has 0 spiro atoms. The van der Waals surface area contributed by atoms with Crippen molar-refractivity contribution in [1.82, 2.24) is 0 Å². The maximum Gasteiger partial charge on any atom is 0.436 e. The van der Waals surface area contributed by atoms with Crippen LogP contribution in [0.1, 0.15) is 0 Å². The molecule has 1 unspecified atom stereocenters. The molecular formula is C3H2F3NO2. The van der Waals surface area contributed by atoms with Gasteiger partial charge in [-0.1, -0.05) is 0 Å². The van der Waals surface area contributed by atoms with Gasteiger partial charge in [0.1, 0.15) is 0 Å². The van der Waals surface area contributed by atoms with Crippen molar-refractivity contribution in [3.8, 4) is 0 Å². The van der Waals surface area contributed by atoms with Gasteiger partial charge < -0.3 is 5.11 Å². The van der Waals surface area contributed by atoms with Crippen molar-refractivity contribution >= 4 is 6.08 Å². The molecule has 0 fully saturated rings. The van der Waals surface area contributed by atoms with Gasteiger partial charge in [0.2, 0.25) is 6.08 Å². The van der Waals surface area contributed by atoms with Crippen molar-refractivity contribution in [2.75, 3.05) is 0 Å². The van der Waals surface area contributed by atoms with E-state index in [0.717, 1.165) is 0 Å². The predicted molar refractivity (Wildman–Crippen MR) is 20.2 cm³/mol. The summed E-state index contributed by atoms with van der Waals surface area (Å²) in [5, 5.41) is 7.83. The third-order valence-corrected chi connectivity index (χ3v) is 0.468. The Morgan fingerprint density at radius 3 is 2.11 bits per heavy atom. The first-order chi connectivity index (χ1) is 3.98. The van der Waals surface area contributed by atoms with Crippen molar-refractivity contribution in [1.29, 1.82) is 0 Å². The fraction of sp³-hybridized carbons (Fsp3) is 0.667. The summed E-state index contributed by atoms with van der Waals surface area (Å²) in [6, 6.07) is 0. The van der Waals surface area contributed by atoms with Gasteiger partial charge >= 0.3 is 6.18 Å². The summed E-state index contributed by atoms with van der Waals surface area (Å²) in [6.07, 6.45) is -7.22. The highest BCUT2D eigenvalue weighted by molar-refractivity contribution is 5.33. The van der Waals surface area contributed by atoms with Crippen LogP contribution in [0.3, 0.4) is 0 Å². The number of halogens is 3. The zero-order valence-corrected chi connectivity index (χ0v) is 4.01. The lowest BCUT2D eigenvalue weighted by molar-refractivity contribution is -0.200. The summed E-state index contributed by atoms with van der Waals surface area (Å²) in [7, 11) is 0. The van der Waals surface area contributed by atoms with Crippen LogP contribution < -0.4 is 0 Å². The summed E-state index contributed by atoms with van der Waals surface area (Å²) in [5.41, 5.74) is 0. The van der Waals surface area contributed by atoms with Crippen molar-refractivity contribution in [2.45, 2.75) is 12.4 Å². The molecule has 0 heterocycles. The lowest BCUT2D eigenvalue weighted by Gasteiger charge is -2.05. The third kappa shape index (κ3) is 2.84. The van der Waals surface area contributed by atoms with Gasteiger partial charge in [-0.25, -0.2) is 4.79 Å². The van der Waals surface area contributed by atoms with Gasteiger partial charge in [0, 0.05) is 0 Å². The van der Waals surface area contributed by atoms with Crippen LogP contribution in [0.25, 0.3) is 0 Å². The summed E-state index contributed by atoms with van der Waals surface area (Å²) in [6.45, 7) is 0. The predicted octanol–water partition coefficient (Wildman–Crippen LogP) is 0.203. The van der Waals surface area contributed by atoms with Crippen LogP contribution in [0.15, 0.2) is 4.99 Å². The number of hydrogen-bond acceptors (Lipinski definition) is 3. The smallest absolute Gasteiger partial charge is 0.364 e. The SMILES string of the molecule is O=C=NC(O)C(F)(F)F. The molecule has 0 aromatic carbocycles. The third-order valence-electron chi connectivity index (χ3n) is 0.468. The van der Waals surface area contributed by atoms with E-state index < -0.39 is 12.4 Å². The molecule has 0 saturated heterocycles. The van der Waals surface area contributed by atoms with Crippen LogP contribution in [0, 0.1) is 0 Å². The number of rotatable bonds is 1. The first kappa shape index (κ1) is 8.13. The molecule has 1 N–H and O–H groups in total. The molecule has 6 heteroatoms. The molecule has 3 nitrogen and oxygen atoms in total. The van der Waals surface area contributed by atoms with Gasteiger partial charge in [-0.15, -0.1) is 0 Å². The second kappa shape index (κ2) is 2.61. The van der Waals surface area contributed by atoms with Crippen LogP contribution in [-0.4, -0.2) is 23.6 Å². The number of nitrogens with zero attached hydrogens (tertiary/aromatic N) is 1. The summed E-state index contributed by atoms with van der Waals surface area (Å²) >= 11 is 0. The zero-order chi connectivity index (χ0) is 7.49. The number of carbonyl (C=O) groups excluding carboxylic acids is 1. The van der Waals surface area contributed by atoms with Crippen molar-refractivity contribution in [2.24, 2.45) is 4.99 Å². The Kier molecular flexibility index (Phi) is 2.36. The van der Waals surface area contributed by atoms with E-state index in [2.05, 4.69) is 0 Å². The molecule has 0 rings (SSSR count). The molecule has 0 bridgehead atoms. The molecule has 1 atom stereocenters. The molecule has 0 aliphatic carbocycles. The number of hydrogen-bond donors (Lipinski definition) is 1. The van der Waals surface area contributed by atoms with Crippen LogP contribution in [0.5, 0.6) is 0 Å². The average Bonchev–Trinajstić information content (AvgIpc) is 1.64. The Morgan fingerprint density at radius 2 is 2.00 bits per heavy atom. The molecule has 0 saturated carbocycles.